The van der Waals surface area contributed by atoms with Crippen molar-refractivity contribution in [2.24, 2.45) is 0 Å². The first-order valence-electron chi connectivity index (χ1n) is 6.35. The van der Waals surface area contributed by atoms with Gasteiger partial charge >= 0.3 is 6.01 Å². The fourth-order valence-corrected chi connectivity index (χ4v) is 2.50. The minimum absolute atomic E-state index is 0.00127. The zero-order chi connectivity index (χ0) is 15.2. The summed E-state index contributed by atoms with van der Waals surface area (Å²) in [4.78, 5) is 12.3. The summed E-state index contributed by atoms with van der Waals surface area (Å²) in [7, 11) is -1.38. The number of hydrogen-bond acceptors (Lipinski definition) is 8. The average Bonchev–Trinajstić information content (AvgIpc) is 2.33. The molecule has 0 aliphatic rings. The number of sulfone groups is 1. The molecule has 8 nitrogen and oxygen atoms in total. The van der Waals surface area contributed by atoms with E-state index in [2.05, 4.69) is 25.6 Å². The highest BCUT2D eigenvalue weighted by molar-refractivity contribution is 7.90. The molecular formula is C11H21N5O3S. The van der Waals surface area contributed by atoms with Gasteiger partial charge in [0.05, 0.1) is 12.4 Å². The van der Waals surface area contributed by atoms with E-state index in [1.54, 1.807) is 14.0 Å². The molecular weight excluding hydrogens is 282 g/mol. The molecule has 1 unspecified atom stereocenters. The predicted molar refractivity (Wildman–Crippen MR) is 78.0 cm³/mol. The van der Waals surface area contributed by atoms with Gasteiger partial charge < -0.3 is 15.4 Å². The Kier molecular flexibility index (Phi) is 5.93. The summed E-state index contributed by atoms with van der Waals surface area (Å²) < 4.78 is 27.8. The highest BCUT2D eigenvalue weighted by Gasteiger charge is 2.13. The maximum Gasteiger partial charge on any atom is 0.323 e. The first-order valence-corrected chi connectivity index (χ1v) is 8.41. The molecule has 0 radical (unpaired) electrons. The third-order valence-corrected chi connectivity index (χ3v) is 3.31. The van der Waals surface area contributed by atoms with Crippen LogP contribution < -0.4 is 15.4 Å². The first kappa shape index (κ1) is 16.4. The van der Waals surface area contributed by atoms with Crippen molar-refractivity contribution in [2.75, 3.05) is 36.3 Å². The minimum Gasteiger partial charge on any atom is -0.463 e. The molecule has 1 heterocycles. The first-order chi connectivity index (χ1) is 9.34. The quantitative estimate of drug-likeness (QED) is 0.717. The second kappa shape index (κ2) is 7.22. The Morgan fingerprint density at radius 3 is 2.45 bits per heavy atom. The number of nitrogens with one attached hydrogen (secondary N) is 2. The molecule has 2 N–H and O–H groups in total. The van der Waals surface area contributed by atoms with Crippen molar-refractivity contribution in [3.8, 4) is 6.01 Å². The molecule has 1 atom stereocenters. The van der Waals surface area contributed by atoms with Gasteiger partial charge in [0.25, 0.3) is 0 Å². The van der Waals surface area contributed by atoms with Crippen LogP contribution in [0.3, 0.4) is 0 Å². The van der Waals surface area contributed by atoms with Crippen LogP contribution in [0.5, 0.6) is 6.01 Å². The fourth-order valence-electron chi connectivity index (χ4n) is 1.51. The Hall–Kier alpha value is -1.64. The van der Waals surface area contributed by atoms with Gasteiger partial charge in [-0.15, -0.1) is 0 Å². The molecule has 0 amide bonds. The molecule has 0 aromatic carbocycles. The Bertz CT molecular complexity index is 535. The van der Waals surface area contributed by atoms with E-state index in [9.17, 15) is 8.42 Å². The lowest BCUT2D eigenvalue weighted by Gasteiger charge is -2.13. The van der Waals surface area contributed by atoms with Crippen molar-refractivity contribution in [1.82, 2.24) is 15.0 Å². The monoisotopic (exact) mass is 303 g/mol. The van der Waals surface area contributed by atoms with Gasteiger partial charge in [0.15, 0.2) is 0 Å². The molecule has 0 spiro atoms. The molecule has 1 aromatic heterocycles. The van der Waals surface area contributed by atoms with Crippen LogP contribution in [0.1, 0.15) is 20.3 Å². The van der Waals surface area contributed by atoms with Gasteiger partial charge in [0.2, 0.25) is 11.9 Å². The normalized spacial score (nSPS) is 12.8. The van der Waals surface area contributed by atoms with E-state index in [1.165, 1.54) is 6.26 Å². The van der Waals surface area contributed by atoms with Gasteiger partial charge in [-0.25, -0.2) is 8.42 Å². The second-order valence-corrected chi connectivity index (χ2v) is 6.69. The standard InChI is InChI=1S/C11H21N5O3S/c1-5-6-19-11-15-9(12-3)14-10(16-11)13-8(2)7-20(4,17)18/h8H,5-7H2,1-4H3,(H2,12,13,14,15,16). The molecule has 0 saturated heterocycles. The van der Waals surface area contributed by atoms with Crippen molar-refractivity contribution in [3.63, 3.8) is 0 Å². The van der Waals surface area contributed by atoms with E-state index in [0.29, 0.717) is 12.6 Å². The van der Waals surface area contributed by atoms with Gasteiger partial charge in [0, 0.05) is 19.3 Å². The Morgan fingerprint density at radius 2 is 1.90 bits per heavy atom. The molecule has 20 heavy (non-hydrogen) atoms. The summed E-state index contributed by atoms with van der Waals surface area (Å²) in [6.07, 6.45) is 2.03. The molecule has 0 saturated carbocycles. The van der Waals surface area contributed by atoms with Gasteiger partial charge in [-0.3, -0.25) is 0 Å². The Morgan fingerprint density at radius 1 is 1.25 bits per heavy atom. The maximum absolute atomic E-state index is 11.2. The number of anilines is 2. The molecule has 0 aliphatic carbocycles. The lowest BCUT2D eigenvalue weighted by atomic mass is 10.4. The van der Waals surface area contributed by atoms with E-state index in [1.807, 2.05) is 6.92 Å². The number of rotatable bonds is 8. The number of ether oxygens (including phenoxy) is 1. The van der Waals surface area contributed by atoms with Crippen molar-refractivity contribution in [1.29, 1.82) is 0 Å². The summed E-state index contributed by atoms with van der Waals surface area (Å²) in [5.41, 5.74) is 0. The largest absolute Gasteiger partial charge is 0.463 e. The zero-order valence-electron chi connectivity index (χ0n) is 12.2. The van der Waals surface area contributed by atoms with E-state index < -0.39 is 9.84 Å². The van der Waals surface area contributed by atoms with E-state index in [-0.39, 0.29) is 23.8 Å². The lowest BCUT2D eigenvalue weighted by molar-refractivity contribution is 0.292. The van der Waals surface area contributed by atoms with Gasteiger partial charge in [0.1, 0.15) is 9.84 Å². The topological polar surface area (TPSA) is 106 Å². The summed E-state index contributed by atoms with van der Waals surface area (Å²) in [5.74, 6) is 0.644. The van der Waals surface area contributed by atoms with Crippen LogP contribution in [-0.2, 0) is 9.84 Å². The highest BCUT2D eigenvalue weighted by Crippen LogP contribution is 2.12. The fraction of sp³-hybridized carbons (Fsp3) is 0.727. The van der Waals surface area contributed by atoms with Crippen LogP contribution >= 0.6 is 0 Å². The predicted octanol–water partition coefficient (Wildman–Crippen LogP) is 0.547. The highest BCUT2D eigenvalue weighted by atomic mass is 32.2. The number of nitrogens with zero attached hydrogens (tertiary/aromatic N) is 3. The third-order valence-electron chi connectivity index (χ3n) is 2.20. The van der Waals surface area contributed by atoms with Gasteiger partial charge in [-0.2, -0.15) is 15.0 Å². The SMILES string of the molecule is CCCOc1nc(NC)nc(NC(C)CS(C)(=O)=O)n1. The van der Waals surface area contributed by atoms with E-state index in [4.69, 9.17) is 4.74 Å². The van der Waals surface area contributed by atoms with E-state index >= 15 is 0 Å². The van der Waals surface area contributed by atoms with Crippen LogP contribution in [0.2, 0.25) is 0 Å². The van der Waals surface area contributed by atoms with Crippen LogP contribution in [0.15, 0.2) is 0 Å². The van der Waals surface area contributed by atoms with Gasteiger partial charge in [-0.1, -0.05) is 6.92 Å². The number of hydrogen-bond donors (Lipinski definition) is 2. The van der Waals surface area contributed by atoms with E-state index in [0.717, 1.165) is 6.42 Å². The van der Waals surface area contributed by atoms with Gasteiger partial charge in [-0.05, 0) is 13.3 Å². The Balaban J connectivity index is 2.82. The molecule has 0 bridgehead atoms. The van der Waals surface area contributed by atoms with Crippen LogP contribution in [0.25, 0.3) is 0 Å². The van der Waals surface area contributed by atoms with Crippen LogP contribution in [0, 0.1) is 0 Å². The average molecular weight is 303 g/mol. The van der Waals surface area contributed by atoms with Crippen molar-refractivity contribution in [3.05, 3.63) is 0 Å². The summed E-state index contributed by atoms with van der Waals surface area (Å²) >= 11 is 0. The summed E-state index contributed by atoms with van der Waals surface area (Å²) in [6, 6.07) is -0.101. The van der Waals surface area contributed by atoms with Crippen LogP contribution in [0.4, 0.5) is 11.9 Å². The third kappa shape index (κ3) is 6.00. The maximum atomic E-state index is 11.2. The van der Waals surface area contributed by atoms with Crippen molar-refractivity contribution >= 4 is 21.7 Å². The minimum atomic E-state index is -3.06. The van der Waals surface area contributed by atoms with Crippen LogP contribution in [-0.4, -0.2) is 55.1 Å². The smallest absolute Gasteiger partial charge is 0.323 e. The molecule has 9 heteroatoms. The van der Waals surface area contributed by atoms with Crippen molar-refractivity contribution < 1.29 is 13.2 Å². The molecule has 1 aromatic rings. The molecule has 0 fully saturated rings. The zero-order valence-corrected chi connectivity index (χ0v) is 13.0. The number of aromatic nitrogens is 3. The summed E-state index contributed by atoms with van der Waals surface area (Å²) in [6.45, 7) is 4.23. The van der Waals surface area contributed by atoms with Crippen molar-refractivity contribution in [2.45, 2.75) is 26.3 Å². The molecule has 114 valence electrons. The second-order valence-electron chi connectivity index (χ2n) is 4.50. The summed E-state index contributed by atoms with van der Waals surface area (Å²) in [5, 5.41) is 5.73. The Labute approximate surface area is 119 Å². The molecule has 1 rings (SSSR count). The molecule has 0 aliphatic heterocycles. The lowest BCUT2D eigenvalue weighted by Crippen LogP contribution is -2.26.